The zero-order chi connectivity index (χ0) is 44.5. The van der Waals surface area contributed by atoms with E-state index in [2.05, 4.69) is 45.5 Å². The minimum absolute atomic E-state index is 0.0589. The van der Waals surface area contributed by atoms with Crippen molar-refractivity contribution < 1.29 is 40.7 Å². The molecule has 0 saturated carbocycles. The lowest BCUT2D eigenvalue weighted by Crippen LogP contribution is -2.47. The number of carbonyl (C=O) groups is 3. The molecular formula is C43H47F3N10O6S. The summed E-state index contributed by atoms with van der Waals surface area (Å²) in [6.45, 7) is 4.73. The highest BCUT2D eigenvalue weighted by atomic mass is 32.2. The molecule has 8 rings (SSSR count). The minimum atomic E-state index is -4.16. The smallest absolute Gasteiger partial charge is 0.301 e. The van der Waals surface area contributed by atoms with Crippen molar-refractivity contribution in [3.63, 3.8) is 0 Å². The van der Waals surface area contributed by atoms with Crippen molar-refractivity contribution in [2.45, 2.75) is 63.0 Å². The van der Waals surface area contributed by atoms with Gasteiger partial charge in [0, 0.05) is 91.1 Å². The van der Waals surface area contributed by atoms with E-state index >= 15 is 13.2 Å². The summed E-state index contributed by atoms with van der Waals surface area (Å²) in [5.74, 6) is -4.11. The first-order chi connectivity index (χ1) is 30.2. The number of anilines is 3. The third-order valence-corrected chi connectivity index (χ3v) is 13.7. The molecule has 1 unspecified atom stereocenters. The van der Waals surface area contributed by atoms with Gasteiger partial charge in [0.1, 0.15) is 23.3 Å². The minimum Gasteiger partial charge on any atom is -0.377 e. The van der Waals surface area contributed by atoms with Crippen LogP contribution < -0.4 is 25.6 Å². The summed E-state index contributed by atoms with van der Waals surface area (Å²) < 4.78 is 81.2. The molecule has 3 saturated heterocycles. The summed E-state index contributed by atoms with van der Waals surface area (Å²) >= 11 is 0. The summed E-state index contributed by atoms with van der Waals surface area (Å²) in [4.78, 5) is 56.0. The van der Waals surface area contributed by atoms with E-state index in [0.29, 0.717) is 85.8 Å². The van der Waals surface area contributed by atoms with Gasteiger partial charge in [-0.2, -0.15) is 12.7 Å². The van der Waals surface area contributed by atoms with Crippen LogP contribution in [0.1, 0.15) is 66.9 Å². The molecule has 3 fully saturated rings. The van der Waals surface area contributed by atoms with Crippen LogP contribution in [0.15, 0.2) is 61.2 Å². The second kappa shape index (κ2) is 18.0. The number of aromatic amines is 1. The fraction of sp³-hybridized carbons (Fsp3) is 0.395. The quantitative estimate of drug-likeness (QED) is 0.0754. The average molecular weight is 889 g/mol. The molecule has 63 heavy (non-hydrogen) atoms. The van der Waals surface area contributed by atoms with Crippen molar-refractivity contribution in [2.75, 3.05) is 61.3 Å². The number of H-pyrrole nitrogens is 1. The topological polar surface area (TPSA) is 204 Å². The standard InChI is InChI=1S/C43H47F3N10O6S/c1-3-55(2)63(60,61)54-34-7-6-32(44)37(38(34)46)39(58)30-23-49-40-29(30)18-25(20-48-40)26-21-50-42(51-22-26)56-16-10-28(11-17-56)62-24-43(12-14-47-15-13-43)31-5-4-27(19-33(31)45)52-35-8-9-36(57)53-41(35)59/h4-7,18-23,28,35,47,52,54H,3,8-17,24H2,1-2H3,(H,48,49)(H,53,57,59). The summed E-state index contributed by atoms with van der Waals surface area (Å²) in [7, 11) is -2.87. The number of piperidine rings is 3. The van der Waals surface area contributed by atoms with Crippen molar-refractivity contribution in [1.82, 2.24) is 34.9 Å². The van der Waals surface area contributed by atoms with Crippen molar-refractivity contribution in [1.29, 1.82) is 0 Å². The number of halogens is 3. The SMILES string of the molecule is CCN(C)S(=O)(=O)Nc1ccc(F)c(C(=O)c2c[nH]c3ncc(-c4cnc(N5CCC(OCC6(c7ccc(NC8CCC(=O)NC8=O)cc7F)CCNCC6)CC5)nc4)cc23)c1F. The summed E-state index contributed by atoms with van der Waals surface area (Å²) in [6.07, 6.45) is 9.41. The molecule has 1 atom stereocenters. The van der Waals surface area contributed by atoms with Gasteiger partial charge in [-0.1, -0.05) is 13.0 Å². The van der Waals surface area contributed by atoms with Gasteiger partial charge in [-0.3, -0.25) is 24.4 Å². The van der Waals surface area contributed by atoms with E-state index in [1.807, 2.05) is 0 Å². The Labute approximate surface area is 361 Å². The first-order valence-corrected chi connectivity index (χ1v) is 22.2. The monoisotopic (exact) mass is 888 g/mol. The van der Waals surface area contributed by atoms with Gasteiger partial charge in [0.2, 0.25) is 23.5 Å². The Bertz CT molecular complexity index is 2650. The van der Waals surface area contributed by atoms with Gasteiger partial charge >= 0.3 is 10.2 Å². The van der Waals surface area contributed by atoms with Crippen LogP contribution in [0, 0.1) is 17.5 Å². The maximum Gasteiger partial charge on any atom is 0.301 e. The fourth-order valence-corrected chi connectivity index (χ4v) is 9.24. The average Bonchev–Trinajstić information content (AvgIpc) is 3.71. The van der Waals surface area contributed by atoms with E-state index in [4.69, 9.17) is 4.74 Å². The Hall–Kier alpha value is -5.96. The molecule has 20 heteroatoms. The third-order valence-electron chi connectivity index (χ3n) is 12.2. The molecule has 2 amide bonds. The van der Waals surface area contributed by atoms with Gasteiger partial charge < -0.3 is 25.3 Å². The van der Waals surface area contributed by atoms with Crippen LogP contribution in [-0.2, 0) is 30.0 Å². The van der Waals surface area contributed by atoms with Crippen LogP contribution in [-0.4, -0.2) is 109 Å². The highest BCUT2D eigenvalue weighted by molar-refractivity contribution is 7.90. The van der Waals surface area contributed by atoms with Crippen LogP contribution in [0.2, 0.25) is 0 Å². The molecule has 0 bridgehead atoms. The predicted molar refractivity (Wildman–Crippen MR) is 229 cm³/mol. The number of fused-ring (bicyclic) bond motifs is 1. The summed E-state index contributed by atoms with van der Waals surface area (Å²) in [6, 6.07) is 7.74. The van der Waals surface area contributed by atoms with Crippen LogP contribution in [0.4, 0.5) is 30.5 Å². The Kier molecular flexibility index (Phi) is 12.5. The molecule has 0 spiro atoms. The molecule has 3 aliphatic heterocycles. The van der Waals surface area contributed by atoms with Crippen LogP contribution in [0.3, 0.4) is 0 Å². The molecule has 16 nitrogen and oxygen atoms in total. The van der Waals surface area contributed by atoms with Gasteiger partial charge in [0.05, 0.1) is 24.0 Å². The number of aromatic nitrogens is 4. The molecule has 0 aliphatic carbocycles. The maximum atomic E-state index is 15.9. The largest absolute Gasteiger partial charge is 0.377 e. The number of hydrogen-bond acceptors (Lipinski definition) is 12. The van der Waals surface area contributed by atoms with E-state index < -0.39 is 56.2 Å². The normalized spacial score (nSPS) is 18.4. The zero-order valence-electron chi connectivity index (χ0n) is 34.6. The van der Waals surface area contributed by atoms with Crippen molar-refractivity contribution in [3.8, 4) is 11.1 Å². The second-order valence-corrected chi connectivity index (χ2v) is 17.9. The highest BCUT2D eigenvalue weighted by Crippen LogP contribution is 2.38. The molecule has 5 N–H and O–H groups in total. The number of hydrogen-bond donors (Lipinski definition) is 5. The number of rotatable bonds is 14. The molecule has 0 radical (unpaired) electrons. The third kappa shape index (κ3) is 9.11. The molecule has 5 aromatic rings. The number of amides is 2. The molecule has 332 valence electrons. The first-order valence-electron chi connectivity index (χ1n) is 20.8. The van der Waals surface area contributed by atoms with Gasteiger partial charge in [0.25, 0.3) is 0 Å². The van der Waals surface area contributed by atoms with E-state index in [-0.39, 0.29) is 41.7 Å². The van der Waals surface area contributed by atoms with E-state index in [9.17, 15) is 22.8 Å². The number of pyridine rings is 1. The number of ether oxygens (including phenoxy) is 1. The van der Waals surface area contributed by atoms with Crippen molar-refractivity contribution in [2.24, 2.45) is 0 Å². The number of nitrogens with zero attached hydrogens (tertiary/aromatic N) is 5. The van der Waals surface area contributed by atoms with Crippen molar-refractivity contribution in [3.05, 3.63) is 95.3 Å². The van der Waals surface area contributed by atoms with Crippen LogP contribution in [0.5, 0.6) is 0 Å². The molecule has 6 heterocycles. The first kappa shape index (κ1) is 43.7. The van der Waals surface area contributed by atoms with Crippen LogP contribution in [0.25, 0.3) is 22.2 Å². The van der Waals surface area contributed by atoms with Gasteiger partial charge in [-0.25, -0.2) is 28.1 Å². The van der Waals surface area contributed by atoms with Crippen LogP contribution >= 0.6 is 0 Å². The van der Waals surface area contributed by atoms with Gasteiger partial charge in [-0.15, -0.1) is 0 Å². The number of carbonyl (C=O) groups excluding carboxylic acids is 3. The predicted octanol–water partition coefficient (Wildman–Crippen LogP) is 4.80. The summed E-state index contributed by atoms with van der Waals surface area (Å²) in [5, 5.41) is 9.03. The molecule has 3 aliphatic rings. The Morgan fingerprint density at radius 2 is 1.70 bits per heavy atom. The number of ketones is 1. The lowest BCUT2D eigenvalue weighted by molar-refractivity contribution is -0.133. The molecule has 2 aromatic carbocycles. The maximum absolute atomic E-state index is 15.9. The summed E-state index contributed by atoms with van der Waals surface area (Å²) in [5.41, 5.74) is 0.373. The lowest BCUT2D eigenvalue weighted by Gasteiger charge is -2.40. The number of nitrogens with one attached hydrogen (secondary N) is 5. The van der Waals surface area contributed by atoms with Gasteiger partial charge in [-0.05, 0) is 81.1 Å². The molecular weight excluding hydrogens is 842 g/mol. The van der Waals surface area contributed by atoms with E-state index in [1.54, 1.807) is 43.7 Å². The lowest BCUT2D eigenvalue weighted by atomic mass is 9.73. The Balaban J connectivity index is 0.906. The Morgan fingerprint density at radius 3 is 2.40 bits per heavy atom. The number of benzene rings is 2. The number of imide groups is 1. The van der Waals surface area contributed by atoms with E-state index in [0.717, 1.165) is 29.5 Å². The Morgan fingerprint density at radius 1 is 0.968 bits per heavy atom. The highest BCUT2D eigenvalue weighted by Gasteiger charge is 2.38. The van der Waals surface area contributed by atoms with E-state index in [1.165, 1.54) is 19.3 Å². The fourth-order valence-electron chi connectivity index (χ4n) is 8.31. The zero-order valence-corrected chi connectivity index (χ0v) is 35.5. The second-order valence-electron chi connectivity index (χ2n) is 16.1. The molecule has 3 aromatic heterocycles. The van der Waals surface area contributed by atoms with Crippen molar-refractivity contribution >= 4 is 56.2 Å². The van der Waals surface area contributed by atoms with Gasteiger partial charge in [0.15, 0.2) is 5.82 Å².